The van der Waals surface area contributed by atoms with Crippen molar-refractivity contribution in [3.8, 4) is 23.1 Å². The molecule has 0 radical (unpaired) electrons. The Morgan fingerprint density at radius 1 is 0.879 bits per heavy atom. The van der Waals surface area contributed by atoms with Gasteiger partial charge in [0.25, 0.3) is 5.91 Å². The number of hydrogen-bond donors (Lipinski definition) is 1. The number of rotatable bonds is 8. The molecule has 0 bridgehead atoms. The molecule has 3 aromatic carbocycles. The highest BCUT2D eigenvalue weighted by molar-refractivity contribution is 6.04. The Bertz CT molecular complexity index is 1210. The van der Waals surface area contributed by atoms with Crippen LogP contribution in [0, 0.1) is 13.8 Å². The van der Waals surface area contributed by atoms with Crippen molar-refractivity contribution >= 4 is 11.6 Å². The monoisotopic (exact) mass is 442 g/mol. The smallest absolute Gasteiger partial charge is 0.336 e. The number of aromatic nitrogens is 3. The van der Waals surface area contributed by atoms with Gasteiger partial charge in [-0.2, -0.15) is 4.98 Å². The van der Waals surface area contributed by atoms with E-state index in [1.165, 1.54) is 0 Å². The first kappa shape index (κ1) is 22.2. The first-order valence-electron chi connectivity index (χ1n) is 10.7. The number of nitrogens with zero attached hydrogens (tertiary/aromatic N) is 3. The summed E-state index contributed by atoms with van der Waals surface area (Å²) in [7, 11) is 1.62. The van der Waals surface area contributed by atoms with Crippen molar-refractivity contribution in [3.05, 3.63) is 89.5 Å². The number of benzene rings is 3. The van der Waals surface area contributed by atoms with E-state index < -0.39 is 0 Å². The zero-order valence-electron chi connectivity index (χ0n) is 18.9. The third-order valence-corrected chi connectivity index (χ3v) is 5.10. The lowest BCUT2D eigenvalue weighted by molar-refractivity contribution is 0.102. The molecular weight excluding hydrogens is 416 g/mol. The highest BCUT2D eigenvalue weighted by Crippen LogP contribution is 2.25. The molecule has 1 heterocycles. The molecule has 0 unspecified atom stereocenters. The summed E-state index contributed by atoms with van der Waals surface area (Å²) in [5, 5.41) is 7.46. The van der Waals surface area contributed by atoms with Crippen molar-refractivity contribution in [1.29, 1.82) is 0 Å². The number of anilines is 1. The minimum absolute atomic E-state index is 0.155. The normalized spacial score (nSPS) is 10.8. The summed E-state index contributed by atoms with van der Waals surface area (Å²) in [5.41, 5.74) is 5.30. The number of hydrogen-bond acceptors (Lipinski definition) is 5. The van der Waals surface area contributed by atoms with Crippen LogP contribution in [0.25, 0.3) is 17.1 Å². The second kappa shape index (κ2) is 10.1. The van der Waals surface area contributed by atoms with Gasteiger partial charge in [-0.1, -0.05) is 47.5 Å². The first-order chi connectivity index (χ1) is 16.0. The summed E-state index contributed by atoms with van der Waals surface area (Å²) in [6, 6.07) is 23.3. The average molecular weight is 443 g/mol. The fraction of sp³-hybridized carbons (Fsp3) is 0.192. The summed E-state index contributed by atoms with van der Waals surface area (Å²) in [5.74, 6) is 0.511. The highest BCUT2D eigenvalue weighted by Gasteiger charge is 2.15. The van der Waals surface area contributed by atoms with Gasteiger partial charge in [-0.25, -0.2) is 4.68 Å². The topological polar surface area (TPSA) is 78.3 Å². The Labute approximate surface area is 193 Å². The van der Waals surface area contributed by atoms with E-state index >= 15 is 0 Å². The molecule has 0 aliphatic rings. The lowest BCUT2D eigenvalue weighted by atomic mass is 10.1. The molecule has 168 valence electrons. The fourth-order valence-electron chi connectivity index (χ4n) is 3.23. The maximum absolute atomic E-state index is 12.5. The number of methoxy groups -OCH3 is 1. The van der Waals surface area contributed by atoms with Gasteiger partial charge in [0.05, 0.1) is 12.3 Å². The van der Waals surface area contributed by atoms with Crippen molar-refractivity contribution in [2.75, 3.05) is 25.6 Å². The molecule has 0 spiro atoms. The van der Waals surface area contributed by atoms with E-state index in [1.807, 2.05) is 86.6 Å². The van der Waals surface area contributed by atoms with E-state index in [2.05, 4.69) is 15.4 Å². The van der Waals surface area contributed by atoms with Gasteiger partial charge in [-0.15, -0.1) is 5.10 Å². The minimum atomic E-state index is -0.155. The van der Waals surface area contributed by atoms with Crippen LogP contribution < -0.4 is 10.1 Å². The Hall–Kier alpha value is -3.97. The Balaban J connectivity index is 1.58. The molecule has 7 heteroatoms. The molecule has 0 saturated carbocycles. The predicted octanol–water partition coefficient (Wildman–Crippen LogP) is 4.83. The van der Waals surface area contributed by atoms with Gasteiger partial charge >= 0.3 is 6.01 Å². The van der Waals surface area contributed by atoms with Crippen LogP contribution in [0.2, 0.25) is 0 Å². The maximum Gasteiger partial charge on any atom is 0.336 e. The van der Waals surface area contributed by atoms with Gasteiger partial charge in [0.1, 0.15) is 6.61 Å². The molecule has 33 heavy (non-hydrogen) atoms. The third kappa shape index (κ3) is 5.45. The molecule has 1 N–H and O–H groups in total. The Morgan fingerprint density at radius 2 is 1.52 bits per heavy atom. The average Bonchev–Trinajstić information content (AvgIpc) is 3.25. The van der Waals surface area contributed by atoms with Crippen LogP contribution in [0.4, 0.5) is 5.69 Å². The van der Waals surface area contributed by atoms with Crippen LogP contribution in [0.15, 0.2) is 72.8 Å². The molecule has 0 fully saturated rings. The van der Waals surface area contributed by atoms with Gasteiger partial charge in [0.15, 0.2) is 5.82 Å². The number of aryl methyl sites for hydroxylation is 2. The molecule has 4 rings (SSSR count). The fourth-order valence-corrected chi connectivity index (χ4v) is 3.23. The number of carbonyl (C=O) groups is 1. The molecule has 1 aromatic heterocycles. The predicted molar refractivity (Wildman–Crippen MR) is 128 cm³/mol. The van der Waals surface area contributed by atoms with Gasteiger partial charge in [-0.3, -0.25) is 4.79 Å². The Kier molecular flexibility index (Phi) is 6.80. The number of ether oxygens (including phenoxy) is 2. The molecule has 7 nitrogen and oxygen atoms in total. The molecular formula is C26H26N4O3. The third-order valence-electron chi connectivity index (χ3n) is 5.10. The van der Waals surface area contributed by atoms with Gasteiger partial charge in [0, 0.05) is 23.9 Å². The number of nitrogens with one attached hydrogen (secondary N) is 1. The van der Waals surface area contributed by atoms with E-state index in [0.717, 1.165) is 22.4 Å². The second-order valence-electron chi connectivity index (χ2n) is 7.70. The van der Waals surface area contributed by atoms with Crippen LogP contribution in [0.3, 0.4) is 0 Å². The first-order valence-corrected chi connectivity index (χ1v) is 10.7. The van der Waals surface area contributed by atoms with Crippen molar-refractivity contribution in [3.63, 3.8) is 0 Å². The molecule has 0 aliphatic heterocycles. The van der Waals surface area contributed by atoms with Crippen LogP contribution in [0.5, 0.6) is 6.01 Å². The van der Waals surface area contributed by atoms with Crippen LogP contribution in [-0.4, -0.2) is 41.0 Å². The van der Waals surface area contributed by atoms with Crippen molar-refractivity contribution in [2.45, 2.75) is 13.8 Å². The minimum Gasteiger partial charge on any atom is -0.460 e. The highest BCUT2D eigenvalue weighted by atomic mass is 16.5. The van der Waals surface area contributed by atoms with E-state index in [9.17, 15) is 4.79 Å². The SMILES string of the molecule is COCCOc1nc(-c2ccc(C)cc2)n(-c2ccc(NC(=O)c3ccc(C)cc3)cc2)n1. The zero-order chi connectivity index (χ0) is 23.2. The molecule has 0 saturated heterocycles. The van der Waals surface area contributed by atoms with E-state index in [-0.39, 0.29) is 11.9 Å². The number of carbonyl (C=O) groups excluding carboxylic acids is 1. The summed E-state index contributed by atoms with van der Waals surface area (Å²) in [6.07, 6.45) is 0. The molecule has 0 atom stereocenters. The van der Waals surface area contributed by atoms with E-state index in [0.29, 0.717) is 30.3 Å². The van der Waals surface area contributed by atoms with Crippen LogP contribution >= 0.6 is 0 Å². The quantitative estimate of drug-likeness (QED) is 0.396. The van der Waals surface area contributed by atoms with E-state index in [1.54, 1.807) is 11.8 Å². The molecule has 4 aromatic rings. The zero-order valence-corrected chi connectivity index (χ0v) is 18.9. The Morgan fingerprint density at radius 3 is 2.15 bits per heavy atom. The lowest BCUT2D eigenvalue weighted by Gasteiger charge is -2.09. The van der Waals surface area contributed by atoms with Crippen LogP contribution in [0.1, 0.15) is 21.5 Å². The number of amides is 1. The molecule has 0 aliphatic carbocycles. The standard InChI is InChI=1S/C26H26N4O3/c1-18-4-8-20(9-5-18)24-28-26(33-17-16-32-3)29-30(24)23-14-12-22(13-15-23)27-25(31)21-10-6-19(2)7-11-21/h4-15H,16-17H2,1-3H3,(H,27,31). The van der Waals surface area contributed by atoms with Crippen LogP contribution in [-0.2, 0) is 4.74 Å². The van der Waals surface area contributed by atoms with E-state index in [4.69, 9.17) is 9.47 Å². The second-order valence-corrected chi connectivity index (χ2v) is 7.70. The summed E-state index contributed by atoms with van der Waals surface area (Å²) < 4.78 is 12.4. The molecule has 1 amide bonds. The lowest BCUT2D eigenvalue weighted by Crippen LogP contribution is -2.11. The maximum atomic E-state index is 12.5. The summed E-state index contributed by atoms with van der Waals surface area (Å²) in [6.45, 7) is 4.84. The van der Waals surface area contributed by atoms with Gasteiger partial charge in [-0.05, 0) is 50.2 Å². The van der Waals surface area contributed by atoms with Gasteiger partial charge in [0.2, 0.25) is 0 Å². The van der Waals surface area contributed by atoms with Crippen molar-refractivity contribution in [1.82, 2.24) is 14.8 Å². The van der Waals surface area contributed by atoms with Crippen molar-refractivity contribution < 1.29 is 14.3 Å². The van der Waals surface area contributed by atoms with Crippen molar-refractivity contribution in [2.24, 2.45) is 0 Å². The largest absolute Gasteiger partial charge is 0.460 e. The summed E-state index contributed by atoms with van der Waals surface area (Å²) in [4.78, 5) is 17.1. The van der Waals surface area contributed by atoms with Gasteiger partial charge < -0.3 is 14.8 Å². The summed E-state index contributed by atoms with van der Waals surface area (Å²) >= 11 is 0.